The van der Waals surface area contributed by atoms with Gasteiger partial charge in [-0.15, -0.1) is 0 Å². The number of fused-ring (bicyclic) bond motifs is 1. The standard InChI is InChI=1S/C24H32F3N3O/c1-5-23(6-2,12-13-24(25,26)27)15-20(31)18-16-28-30-21(18)29-19(14-22(30,3)4)17-10-8-7-9-11-17/h7-11,16,19,29H,5-6,12-15H2,1-4H3. The van der Waals surface area contributed by atoms with Crippen molar-refractivity contribution < 1.29 is 18.0 Å². The van der Waals surface area contributed by atoms with Crippen molar-refractivity contribution >= 4 is 11.6 Å². The Balaban J connectivity index is 1.88. The minimum Gasteiger partial charge on any atom is -0.363 e. The molecule has 0 aliphatic carbocycles. The van der Waals surface area contributed by atoms with Gasteiger partial charge >= 0.3 is 6.18 Å². The number of hydrogen-bond donors (Lipinski definition) is 1. The van der Waals surface area contributed by atoms with E-state index in [1.165, 1.54) is 0 Å². The van der Waals surface area contributed by atoms with E-state index in [9.17, 15) is 18.0 Å². The minimum absolute atomic E-state index is 0.0271. The lowest BCUT2D eigenvalue weighted by molar-refractivity contribution is -0.141. The predicted molar refractivity (Wildman–Crippen MR) is 116 cm³/mol. The van der Waals surface area contributed by atoms with Crippen LogP contribution in [0.5, 0.6) is 0 Å². The highest BCUT2D eigenvalue weighted by Gasteiger charge is 2.39. The van der Waals surface area contributed by atoms with E-state index in [-0.39, 0.29) is 30.2 Å². The summed E-state index contributed by atoms with van der Waals surface area (Å²) in [6.45, 7) is 7.90. The van der Waals surface area contributed by atoms with Crippen LogP contribution in [0.3, 0.4) is 0 Å². The molecule has 31 heavy (non-hydrogen) atoms. The zero-order valence-corrected chi connectivity index (χ0v) is 18.7. The second kappa shape index (κ2) is 8.67. The van der Waals surface area contributed by atoms with Crippen LogP contribution in [0.1, 0.15) is 88.2 Å². The number of rotatable bonds is 8. The van der Waals surface area contributed by atoms with Crippen molar-refractivity contribution in [3.8, 4) is 0 Å². The number of anilines is 1. The average molecular weight is 436 g/mol. The zero-order chi connectivity index (χ0) is 22.9. The number of Topliss-reactive ketones (excluding diaryl/α,β-unsaturated/α-hetero) is 1. The number of aromatic nitrogens is 2. The SMILES string of the molecule is CCC(CC)(CCC(F)(F)F)CC(=O)c1cnn2c1NC(c1ccccc1)CC2(C)C. The number of carbonyl (C=O) groups excluding carboxylic acids is 1. The lowest BCUT2D eigenvalue weighted by atomic mass is 9.73. The smallest absolute Gasteiger partial charge is 0.363 e. The molecule has 0 bridgehead atoms. The molecule has 2 aromatic rings. The number of halogens is 3. The van der Waals surface area contributed by atoms with Crippen molar-refractivity contribution in [2.45, 2.75) is 84.0 Å². The Morgan fingerprint density at radius 1 is 1.16 bits per heavy atom. The summed E-state index contributed by atoms with van der Waals surface area (Å²) in [6.07, 6.45) is -1.60. The molecule has 0 amide bonds. The van der Waals surface area contributed by atoms with Gasteiger partial charge in [0.15, 0.2) is 5.78 Å². The summed E-state index contributed by atoms with van der Waals surface area (Å²) < 4.78 is 40.5. The van der Waals surface area contributed by atoms with E-state index in [0.717, 1.165) is 12.0 Å². The van der Waals surface area contributed by atoms with Crippen molar-refractivity contribution in [2.24, 2.45) is 5.41 Å². The molecule has 1 unspecified atom stereocenters. The fourth-order valence-corrected chi connectivity index (χ4v) is 4.62. The van der Waals surface area contributed by atoms with Gasteiger partial charge in [0.05, 0.1) is 23.3 Å². The third kappa shape index (κ3) is 5.13. The van der Waals surface area contributed by atoms with Crippen molar-refractivity contribution in [3.63, 3.8) is 0 Å². The van der Waals surface area contributed by atoms with Gasteiger partial charge in [0, 0.05) is 12.8 Å². The summed E-state index contributed by atoms with van der Waals surface area (Å²) in [4.78, 5) is 13.3. The monoisotopic (exact) mass is 435 g/mol. The van der Waals surface area contributed by atoms with Crippen LogP contribution in [-0.2, 0) is 5.54 Å². The molecule has 1 aromatic heterocycles. The molecule has 170 valence electrons. The van der Waals surface area contributed by atoms with E-state index >= 15 is 0 Å². The number of benzene rings is 1. The Morgan fingerprint density at radius 2 is 1.81 bits per heavy atom. The molecule has 0 saturated carbocycles. The van der Waals surface area contributed by atoms with Crippen LogP contribution in [0, 0.1) is 5.41 Å². The fourth-order valence-electron chi connectivity index (χ4n) is 4.62. The first-order valence-corrected chi connectivity index (χ1v) is 11.0. The van der Waals surface area contributed by atoms with E-state index < -0.39 is 18.0 Å². The molecule has 0 saturated heterocycles. The number of alkyl halides is 3. The number of hydrogen-bond acceptors (Lipinski definition) is 3. The summed E-state index contributed by atoms with van der Waals surface area (Å²) >= 11 is 0. The summed E-state index contributed by atoms with van der Waals surface area (Å²) in [6, 6.07) is 10.1. The highest BCUT2D eigenvalue weighted by molar-refractivity contribution is 6.01. The van der Waals surface area contributed by atoms with Gasteiger partial charge < -0.3 is 5.32 Å². The van der Waals surface area contributed by atoms with Crippen LogP contribution in [0.2, 0.25) is 0 Å². The van der Waals surface area contributed by atoms with E-state index in [1.807, 2.05) is 36.7 Å². The molecule has 1 aliphatic heterocycles. The maximum atomic E-state index is 13.3. The molecule has 3 rings (SSSR count). The van der Waals surface area contributed by atoms with E-state index in [0.29, 0.717) is 24.2 Å². The molecular formula is C24H32F3N3O. The Bertz CT molecular complexity index is 899. The highest BCUT2D eigenvalue weighted by atomic mass is 19.4. The Morgan fingerprint density at radius 3 is 2.39 bits per heavy atom. The third-order valence-electron chi connectivity index (χ3n) is 6.83. The summed E-state index contributed by atoms with van der Waals surface area (Å²) in [7, 11) is 0. The van der Waals surface area contributed by atoms with Gasteiger partial charge in [0.2, 0.25) is 0 Å². The number of nitrogens with zero attached hydrogens (tertiary/aromatic N) is 2. The molecule has 1 N–H and O–H groups in total. The number of carbonyl (C=O) groups is 1. The maximum Gasteiger partial charge on any atom is 0.389 e. The summed E-state index contributed by atoms with van der Waals surface area (Å²) in [5, 5.41) is 7.96. The van der Waals surface area contributed by atoms with Crippen molar-refractivity contribution in [1.82, 2.24) is 9.78 Å². The lowest BCUT2D eigenvalue weighted by Crippen LogP contribution is -2.38. The normalized spacial score (nSPS) is 18.4. The molecule has 7 heteroatoms. The maximum absolute atomic E-state index is 13.3. The molecule has 1 aromatic carbocycles. The first kappa shape index (κ1) is 23.4. The number of ketones is 1. The van der Waals surface area contributed by atoms with Crippen LogP contribution in [0.4, 0.5) is 19.0 Å². The lowest BCUT2D eigenvalue weighted by Gasteiger charge is -2.38. The van der Waals surface area contributed by atoms with Crippen LogP contribution in [0.15, 0.2) is 36.5 Å². The summed E-state index contributed by atoms with van der Waals surface area (Å²) in [5.41, 5.74) is 0.627. The van der Waals surface area contributed by atoms with Crippen molar-refractivity contribution in [2.75, 3.05) is 5.32 Å². The molecule has 1 aliphatic rings. The zero-order valence-electron chi connectivity index (χ0n) is 18.7. The van der Waals surface area contributed by atoms with Crippen LogP contribution >= 0.6 is 0 Å². The first-order valence-electron chi connectivity index (χ1n) is 11.0. The predicted octanol–water partition coefficient (Wildman–Crippen LogP) is 6.90. The van der Waals surface area contributed by atoms with Crippen LogP contribution in [0.25, 0.3) is 0 Å². The summed E-state index contributed by atoms with van der Waals surface area (Å²) in [5.74, 6) is 0.510. The Labute approximate surface area is 182 Å². The van der Waals surface area contributed by atoms with Crippen molar-refractivity contribution in [3.05, 3.63) is 47.7 Å². The molecule has 1 atom stereocenters. The van der Waals surface area contributed by atoms with Gasteiger partial charge in [-0.3, -0.25) is 4.79 Å². The van der Waals surface area contributed by atoms with Gasteiger partial charge in [-0.05, 0) is 37.7 Å². The van der Waals surface area contributed by atoms with Crippen LogP contribution < -0.4 is 5.32 Å². The Hall–Kier alpha value is -2.31. The topological polar surface area (TPSA) is 46.9 Å². The molecular weight excluding hydrogens is 403 g/mol. The second-order valence-electron chi connectivity index (χ2n) is 9.37. The van der Waals surface area contributed by atoms with E-state index in [2.05, 4.69) is 36.4 Å². The Kier molecular flexibility index (Phi) is 6.53. The fraction of sp³-hybridized carbons (Fsp3) is 0.583. The quantitative estimate of drug-likeness (QED) is 0.459. The molecule has 2 heterocycles. The first-order chi connectivity index (χ1) is 14.5. The number of nitrogens with one attached hydrogen (secondary N) is 1. The van der Waals surface area contributed by atoms with Crippen molar-refractivity contribution in [1.29, 1.82) is 0 Å². The molecule has 0 fully saturated rings. The van der Waals surface area contributed by atoms with Gasteiger partial charge in [-0.25, -0.2) is 4.68 Å². The molecule has 0 radical (unpaired) electrons. The molecule has 4 nitrogen and oxygen atoms in total. The van der Waals surface area contributed by atoms with Gasteiger partial charge in [0.1, 0.15) is 5.82 Å². The van der Waals surface area contributed by atoms with Crippen LogP contribution in [-0.4, -0.2) is 21.7 Å². The molecule has 0 spiro atoms. The van der Waals surface area contributed by atoms with Gasteiger partial charge in [0.25, 0.3) is 0 Å². The third-order valence-corrected chi connectivity index (χ3v) is 6.83. The minimum atomic E-state index is -4.22. The van der Waals surface area contributed by atoms with E-state index in [4.69, 9.17) is 0 Å². The highest BCUT2D eigenvalue weighted by Crippen LogP contribution is 2.43. The van der Waals surface area contributed by atoms with Gasteiger partial charge in [-0.1, -0.05) is 57.0 Å². The van der Waals surface area contributed by atoms with E-state index in [1.54, 1.807) is 6.20 Å². The largest absolute Gasteiger partial charge is 0.389 e. The second-order valence-corrected chi connectivity index (χ2v) is 9.37. The average Bonchev–Trinajstić information content (AvgIpc) is 3.16. The van der Waals surface area contributed by atoms with Gasteiger partial charge in [-0.2, -0.15) is 18.3 Å².